The van der Waals surface area contributed by atoms with Crippen molar-refractivity contribution in [3.05, 3.63) is 52.9 Å². The third-order valence-corrected chi connectivity index (χ3v) is 4.74. The van der Waals surface area contributed by atoms with Gasteiger partial charge in [-0.1, -0.05) is 11.6 Å². The number of hydrogen-bond donors (Lipinski definition) is 0. The molecule has 29 heavy (non-hydrogen) atoms. The van der Waals surface area contributed by atoms with Crippen LogP contribution in [0.25, 0.3) is 11.7 Å². The summed E-state index contributed by atoms with van der Waals surface area (Å²) < 4.78 is 23.1. The minimum absolute atomic E-state index is 0.0408. The molecule has 0 bridgehead atoms. The van der Waals surface area contributed by atoms with E-state index in [9.17, 15) is 5.26 Å². The second-order valence-corrected chi connectivity index (χ2v) is 7.39. The summed E-state index contributed by atoms with van der Waals surface area (Å²) in [7, 11) is 0. The van der Waals surface area contributed by atoms with E-state index in [0.717, 1.165) is 0 Å². The summed E-state index contributed by atoms with van der Waals surface area (Å²) in [5.41, 5.74) is 0.233. The van der Waals surface area contributed by atoms with Gasteiger partial charge < -0.3 is 23.2 Å². The van der Waals surface area contributed by atoms with E-state index in [1.165, 1.54) is 0 Å². The summed E-state index contributed by atoms with van der Waals surface area (Å²) in [5, 5.41) is 10.1. The zero-order chi connectivity index (χ0) is 20.4. The van der Waals surface area contributed by atoms with Crippen molar-refractivity contribution in [2.24, 2.45) is 0 Å². The molecule has 1 saturated heterocycles. The third-order valence-electron chi connectivity index (χ3n) is 4.49. The summed E-state index contributed by atoms with van der Waals surface area (Å²) in [4.78, 5) is 6.29. The lowest BCUT2D eigenvalue weighted by molar-refractivity contribution is -0.00639. The average molecular weight is 414 g/mol. The van der Waals surface area contributed by atoms with E-state index in [0.29, 0.717) is 41.3 Å². The summed E-state index contributed by atoms with van der Waals surface area (Å²) in [5.74, 6) is 2.45. The van der Waals surface area contributed by atoms with E-state index >= 15 is 0 Å². The molecule has 3 aromatic rings. The number of aromatic nitrogens is 1. The summed E-state index contributed by atoms with van der Waals surface area (Å²) in [6.45, 7) is 5.49. The van der Waals surface area contributed by atoms with Crippen molar-refractivity contribution >= 4 is 17.5 Å². The Labute approximate surface area is 173 Å². The monoisotopic (exact) mass is 413 g/mol. The van der Waals surface area contributed by atoms with Crippen LogP contribution in [0.4, 0.5) is 5.88 Å². The lowest BCUT2D eigenvalue weighted by Gasteiger charge is -2.34. The Bertz CT molecular complexity index is 1010. The molecule has 4 rings (SSSR count). The number of furan rings is 1. The number of morpholine rings is 1. The van der Waals surface area contributed by atoms with Crippen molar-refractivity contribution in [1.29, 1.82) is 5.26 Å². The molecule has 1 aliphatic heterocycles. The lowest BCUT2D eigenvalue weighted by Crippen LogP contribution is -2.45. The first kappa shape index (κ1) is 19.4. The standard InChI is InChI=1S/C21H20ClN3O4/c1-13-10-25(11-14(2)27-13)21-18(9-23)24-20(29-21)19-8-7-17(28-19)12-26-16-5-3-15(22)4-6-16/h3-8,13-14H,10-12H2,1-2H3/t13-,14+. The number of nitriles is 1. The number of oxazole rings is 1. The number of anilines is 1. The third kappa shape index (κ3) is 4.39. The van der Waals surface area contributed by atoms with Crippen molar-refractivity contribution < 1.29 is 18.3 Å². The molecule has 3 heterocycles. The van der Waals surface area contributed by atoms with Crippen LogP contribution >= 0.6 is 11.6 Å². The molecule has 7 nitrogen and oxygen atoms in total. The van der Waals surface area contributed by atoms with Gasteiger partial charge >= 0.3 is 0 Å². The van der Waals surface area contributed by atoms with Crippen molar-refractivity contribution in [3.8, 4) is 23.5 Å². The molecule has 0 aliphatic carbocycles. The first-order valence-corrected chi connectivity index (χ1v) is 9.68. The molecule has 150 valence electrons. The second-order valence-electron chi connectivity index (χ2n) is 6.96. The van der Waals surface area contributed by atoms with E-state index in [1.807, 2.05) is 18.7 Å². The van der Waals surface area contributed by atoms with E-state index in [4.69, 9.17) is 29.9 Å². The number of ether oxygens (including phenoxy) is 2. The topological polar surface area (TPSA) is 84.7 Å². The van der Waals surface area contributed by atoms with Crippen LogP contribution in [-0.4, -0.2) is 30.3 Å². The smallest absolute Gasteiger partial charge is 0.266 e. The summed E-state index contributed by atoms with van der Waals surface area (Å²) >= 11 is 5.87. The first-order chi connectivity index (χ1) is 14.0. The fourth-order valence-corrected chi connectivity index (χ4v) is 3.43. The van der Waals surface area contributed by atoms with Crippen LogP contribution in [-0.2, 0) is 11.3 Å². The van der Waals surface area contributed by atoms with E-state index in [1.54, 1.807) is 36.4 Å². The van der Waals surface area contributed by atoms with Gasteiger partial charge in [0.15, 0.2) is 5.76 Å². The fraction of sp³-hybridized carbons (Fsp3) is 0.333. The van der Waals surface area contributed by atoms with Gasteiger partial charge in [-0.25, -0.2) is 0 Å². The van der Waals surface area contributed by atoms with Gasteiger partial charge in [0, 0.05) is 18.1 Å². The van der Waals surface area contributed by atoms with Crippen molar-refractivity contribution in [1.82, 2.24) is 4.98 Å². The van der Waals surface area contributed by atoms with Gasteiger partial charge in [-0.2, -0.15) is 10.2 Å². The van der Waals surface area contributed by atoms with Crippen LogP contribution in [0.15, 0.2) is 45.2 Å². The molecule has 0 unspecified atom stereocenters. The minimum Gasteiger partial charge on any atom is -0.486 e. The number of rotatable bonds is 5. The quantitative estimate of drug-likeness (QED) is 0.601. The second kappa shape index (κ2) is 8.19. The highest BCUT2D eigenvalue weighted by molar-refractivity contribution is 6.30. The molecule has 1 aromatic carbocycles. The van der Waals surface area contributed by atoms with Crippen molar-refractivity contribution in [3.63, 3.8) is 0 Å². The molecule has 0 saturated carbocycles. The van der Waals surface area contributed by atoms with Gasteiger partial charge in [-0.05, 0) is 50.2 Å². The Hall–Kier alpha value is -2.95. The molecule has 2 atom stereocenters. The van der Waals surface area contributed by atoms with Gasteiger partial charge in [0.05, 0.1) is 12.2 Å². The normalized spacial score (nSPS) is 19.2. The Morgan fingerprint density at radius 1 is 1.14 bits per heavy atom. The highest BCUT2D eigenvalue weighted by Gasteiger charge is 2.28. The molecular formula is C21H20ClN3O4. The Morgan fingerprint density at radius 3 is 2.55 bits per heavy atom. The number of benzene rings is 1. The molecular weight excluding hydrogens is 394 g/mol. The average Bonchev–Trinajstić information content (AvgIpc) is 3.33. The maximum atomic E-state index is 9.49. The highest BCUT2D eigenvalue weighted by Crippen LogP contribution is 2.31. The van der Waals surface area contributed by atoms with Crippen LogP contribution in [0.3, 0.4) is 0 Å². The van der Waals surface area contributed by atoms with Crippen LogP contribution in [0.2, 0.25) is 5.02 Å². The van der Waals surface area contributed by atoms with Gasteiger partial charge in [0.25, 0.3) is 5.89 Å². The van der Waals surface area contributed by atoms with E-state index < -0.39 is 0 Å². The predicted octanol–water partition coefficient (Wildman–Crippen LogP) is 4.65. The van der Waals surface area contributed by atoms with Crippen molar-refractivity contribution in [2.75, 3.05) is 18.0 Å². The first-order valence-electron chi connectivity index (χ1n) is 9.30. The maximum Gasteiger partial charge on any atom is 0.266 e. The molecule has 0 radical (unpaired) electrons. The largest absolute Gasteiger partial charge is 0.486 e. The molecule has 1 aliphatic rings. The maximum absolute atomic E-state index is 9.49. The van der Waals surface area contributed by atoms with Gasteiger partial charge in [0.1, 0.15) is 24.2 Å². The zero-order valence-electron chi connectivity index (χ0n) is 16.1. The fourth-order valence-electron chi connectivity index (χ4n) is 3.30. The minimum atomic E-state index is 0.0408. The van der Waals surface area contributed by atoms with Gasteiger partial charge in [-0.3, -0.25) is 0 Å². The molecule has 0 N–H and O–H groups in total. The van der Waals surface area contributed by atoms with Crippen LogP contribution in [0, 0.1) is 11.3 Å². The van der Waals surface area contributed by atoms with Crippen LogP contribution < -0.4 is 9.64 Å². The predicted molar refractivity (Wildman–Crippen MR) is 107 cm³/mol. The number of hydrogen-bond acceptors (Lipinski definition) is 7. The number of halogens is 1. The molecule has 1 fully saturated rings. The zero-order valence-corrected chi connectivity index (χ0v) is 16.8. The van der Waals surface area contributed by atoms with E-state index in [-0.39, 0.29) is 30.4 Å². The lowest BCUT2D eigenvalue weighted by atomic mass is 10.2. The van der Waals surface area contributed by atoms with Crippen LogP contribution in [0.5, 0.6) is 5.75 Å². The molecule has 0 spiro atoms. The Morgan fingerprint density at radius 2 is 1.86 bits per heavy atom. The SMILES string of the molecule is C[C@@H]1CN(c2oc(-c3ccc(COc4ccc(Cl)cc4)o3)nc2C#N)C[C@H](C)O1. The molecule has 2 aromatic heterocycles. The van der Waals surface area contributed by atoms with Gasteiger partial charge in [0.2, 0.25) is 11.6 Å². The summed E-state index contributed by atoms with van der Waals surface area (Å²) in [6.07, 6.45) is 0.0816. The number of nitrogens with zero attached hydrogens (tertiary/aromatic N) is 3. The Balaban J connectivity index is 1.50. The molecule has 8 heteroatoms. The van der Waals surface area contributed by atoms with Crippen LogP contribution in [0.1, 0.15) is 25.3 Å². The van der Waals surface area contributed by atoms with Crippen molar-refractivity contribution in [2.45, 2.75) is 32.7 Å². The Kier molecular flexibility index (Phi) is 5.47. The molecule has 0 amide bonds. The van der Waals surface area contributed by atoms with E-state index in [2.05, 4.69) is 11.1 Å². The highest BCUT2D eigenvalue weighted by atomic mass is 35.5. The van der Waals surface area contributed by atoms with Gasteiger partial charge in [-0.15, -0.1) is 0 Å². The summed E-state index contributed by atoms with van der Waals surface area (Å²) in [6, 6.07) is 12.7.